The van der Waals surface area contributed by atoms with Crippen LogP contribution in [0.15, 0.2) is 18.2 Å². The number of aryl methyl sites for hydroxylation is 1. The Morgan fingerprint density at radius 2 is 1.74 bits per heavy atom. The van der Waals surface area contributed by atoms with Crippen LogP contribution in [-0.2, 0) is 4.79 Å². The summed E-state index contributed by atoms with van der Waals surface area (Å²) in [5.74, 6) is 0.539. The minimum atomic E-state index is -0.170. The third kappa shape index (κ3) is 4.47. The van der Waals surface area contributed by atoms with Gasteiger partial charge in [0.1, 0.15) is 5.75 Å². The van der Waals surface area contributed by atoms with Gasteiger partial charge in [0.2, 0.25) is 5.91 Å². The van der Waals surface area contributed by atoms with Gasteiger partial charge in [-0.25, -0.2) is 0 Å². The molecule has 0 aliphatic carbocycles. The van der Waals surface area contributed by atoms with Crippen molar-refractivity contribution in [2.75, 3.05) is 26.2 Å². The zero-order valence-electron chi connectivity index (χ0n) is 14.2. The van der Waals surface area contributed by atoms with Crippen LogP contribution in [0.4, 0.5) is 0 Å². The van der Waals surface area contributed by atoms with Gasteiger partial charge in [0.25, 0.3) is 5.91 Å². The predicted molar refractivity (Wildman–Crippen MR) is 89.4 cm³/mol. The number of carbonyl (C=O) groups is 2. The van der Waals surface area contributed by atoms with Crippen molar-refractivity contribution in [1.29, 1.82) is 0 Å². The van der Waals surface area contributed by atoms with E-state index in [0.717, 1.165) is 12.0 Å². The van der Waals surface area contributed by atoms with E-state index in [1.807, 2.05) is 17.9 Å². The monoisotopic (exact) mass is 318 g/mol. The molecule has 1 aliphatic heterocycles. The number of aromatic hydroxyl groups is 1. The maximum absolute atomic E-state index is 12.5. The van der Waals surface area contributed by atoms with Crippen molar-refractivity contribution < 1.29 is 14.7 Å². The highest BCUT2D eigenvalue weighted by molar-refractivity contribution is 5.97. The third-order valence-electron chi connectivity index (χ3n) is 4.24. The lowest BCUT2D eigenvalue weighted by Gasteiger charge is -2.35. The molecular formula is C18H26N2O3. The van der Waals surface area contributed by atoms with Crippen LogP contribution in [-0.4, -0.2) is 52.9 Å². The topological polar surface area (TPSA) is 60.9 Å². The van der Waals surface area contributed by atoms with Crippen molar-refractivity contribution in [2.24, 2.45) is 5.92 Å². The zero-order chi connectivity index (χ0) is 17.0. The van der Waals surface area contributed by atoms with E-state index < -0.39 is 0 Å². The lowest BCUT2D eigenvalue weighted by molar-refractivity contribution is -0.132. The van der Waals surface area contributed by atoms with Crippen LogP contribution in [0.25, 0.3) is 0 Å². The number of piperazine rings is 1. The minimum absolute atomic E-state index is 0.0189. The van der Waals surface area contributed by atoms with E-state index in [1.165, 1.54) is 0 Å². The normalized spacial score (nSPS) is 15.1. The summed E-state index contributed by atoms with van der Waals surface area (Å²) in [5, 5.41) is 9.94. The molecule has 1 N–H and O–H groups in total. The summed E-state index contributed by atoms with van der Waals surface area (Å²) in [7, 11) is 0. The molecule has 1 aromatic carbocycles. The van der Waals surface area contributed by atoms with Crippen molar-refractivity contribution >= 4 is 11.8 Å². The van der Waals surface area contributed by atoms with Crippen molar-refractivity contribution in [1.82, 2.24) is 9.80 Å². The molecule has 0 atom stereocenters. The standard InChI is InChI=1S/C18H26N2O3/c1-13(2)4-7-17(22)19-8-10-20(11-9-19)18(23)15-6-5-14(3)12-16(15)21/h5-6,12-13,21H,4,7-11H2,1-3H3. The van der Waals surface area contributed by atoms with Crippen LogP contribution in [0.2, 0.25) is 0 Å². The number of amides is 2. The summed E-state index contributed by atoms with van der Waals surface area (Å²) in [5.41, 5.74) is 1.25. The molecule has 1 heterocycles. The SMILES string of the molecule is Cc1ccc(C(=O)N2CCN(C(=O)CCC(C)C)CC2)c(O)c1. The van der Waals surface area contributed by atoms with Crippen LogP contribution < -0.4 is 0 Å². The number of carbonyl (C=O) groups excluding carboxylic acids is 2. The molecule has 1 fully saturated rings. The van der Waals surface area contributed by atoms with Gasteiger partial charge in [-0.2, -0.15) is 0 Å². The molecule has 2 amide bonds. The van der Waals surface area contributed by atoms with Crippen LogP contribution in [0, 0.1) is 12.8 Å². The molecule has 5 nitrogen and oxygen atoms in total. The van der Waals surface area contributed by atoms with E-state index in [4.69, 9.17) is 0 Å². The number of nitrogens with zero attached hydrogens (tertiary/aromatic N) is 2. The molecule has 126 valence electrons. The summed E-state index contributed by atoms with van der Waals surface area (Å²) in [6, 6.07) is 5.07. The van der Waals surface area contributed by atoms with E-state index in [2.05, 4.69) is 13.8 Å². The van der Waals surface area contributed by atoms with Gasteiger partial charge < -0.3 is 14.9 Å². The predicted octanol–water partition coefficient (Wildman–Crippen LogP) is 2.42. The van der Waals surface area contributed by atoms with Crippen molar-refractivity contribution in [3.63, 3.8) is 0 Å². The molecule has 1 aromatic rings. The molecule has 1 aliphatic rings. The quantitative estimate of drug-likeness (QED) is 0.927. The van der Waals surface area contributed by atoms with Gasteiger partial charge in [-0.1, -0.05) is 19.9 Å². The zero-order valence-corrected chi connectivity index (χ0v) is 14.2. The Morgan fingerprint density at radius 1 is 1.13 bits per heavy atom. The summed E-state index contributed by atoms with van der Waals surface area (Å²) >= 11 is 0. The van der Waals surface area contributed by atoms with Crippen LogP contribution in [0.3, 0.4) is 0 Å². The Labute approximate surface area is 137 Å². The summed E-state index contributed by atoms with van der Waals surface area (Å²) in [6.45, 7) is 8.25. The maximum Gasteiger partial charge on any atom is 0.257 e. The van der Waals surface area contributed by atoms with Gasteiger partial charge in [-0.05, 0) is 37.0 Å². The van der Waals surface area contributed by atoms with Crippen LogP contribution in [0.1, 0.15) is 42.6 Å². The average molecular weight is 318 g/mol. The van der Waals surface area contributed by atoms with E-state index in [-0.39, 0.29) is 17.6 Å². The van der Waals surface area contributed by atoms with E-state index in [0.29, 0.717) is 44.1 Å². The maximum atomic E-state index is 12.5. The fourth-order valence-electron chi connectivity index (χ4n) is 2.72. The second-order valence-corrected chi connectivity index (χ2v) is 6.63. The van der Waals surface area contributed by atoms with E-state index in [1.54, 1.807) is 17.0 Å². The Hall–Kier alpha value is -2.04. The molecule has 23 heavy (non-hydrogen) atoms. The Bertz CT molecular complexity index is 576. The summed E-state index contributed by atoms with van der Waals surface area (Å²) in [4.78, 5) is 28.1. The summed E-state index contributed by atoms with van der Waals surface area (Å²) in [6.07, 6.45) is 1.47. The third-order valence-corrected chi connectivity index (χ3v) is 4.24. The second kappa shape index (κ2) is 7.49. The van der Waals surface area contributed by atoms with Crippen molar-refractivity contribution in [3.8, 4) is 5.75 Å². The Kier molecular flexibility index (Phi) is 5.64. The number of phenols is 1. The number of hydrogen-bond acceptors (Lipinski definition) is 3. The number of hydrogen-bond donors (Lipinski definition) is 1. The molecule has 2 rings (SSSR count). The van der Waals surface area contributed by atoms with Crippen LogP contribution >= 0.6 is 0 Å². The highest BCUT2D eigenvalue weighted by Crippen LogP contribution is 2.21. The van der Waals surface area contributed by atoms with Gasteiger partial charge in [0.05, 0.1) is 5.56 Å². The van der Waals surface area contributed by atoms with Gasteiger partial charge in [0.15, 0.2) is 0 Å². The summed E-state index contributed by atoms with van der Waals surface area (Å²) < 4.78 is 0. The molecule has 0 spiro atoms. The first-order chi connectivity index (χ1) is 10.9. The smallest absolute Gasteiger partial charge is 0.257 e. The lowest BCUT2D eigenvalue weighted by Crippen LogP contribution is -2.50. The molecule has 0 aromatic heterocycles. The van der Waals surface area contributed by atoms with Gasteiger partial charge in [-0.15, -0.1) is 0 Å². The largest absolute Gasteiger partial charge is 0.507 e. The minimum Gasteiger partial charge on any atom is -0.507 e. The lowest BCUT2D eigenvalue weighted by atomic mass is 10.1. The molecule has 1 saturated heterocycles. The molecule has 5 heteroatoms. The average Bonchev–Trinajstić information content (AvgIpc) is 2.52. The molecule has 0 saturated carbocycles. The second-order valence-electron chi connectivity index (χ2n) is 6.63. The van der Waals surface area contributed by atoms with Gasteiger partial charge >= 0.3 is 0 Å². The first-order valence-corrected chi connectivity index (χ1v) is 8.25. The van der Waals surface area contributed by atoms with Crippen molar-refractivity contribution in [2.45, 2.75) is 33.6 Å². The van der Waals surface area contributed by atoms with E-state index >= 15 is 0 Å². The molecular weight excluding hydrogens is 292 g/mol. The highest BCUT2D eigenvalue weighted by atomic mass is 16.3. The Morgan fingerprint density at radius 3 is 2.30 bits per heavy atom. The number of phenolic OH excluding ortho intramolecular Hbond substituents is 1. The number of benzene rings is 1. The Balaban J connectivity index is 1.91. The van der Waals surface area contributed by atoms with E-state index in [9.17, 15) is 14.7 Å². The highest BCUT2D eigenvalue weighted by Gasteiger charge is 2.25. The van der Waals surface area contributed by atoms with Gasteiger partial charge in [0, 0.05) is 32.6 Å². The van der Waals surface area contributed by atoms with Gasteiger partial charge in [-0.3, -0.25) is 9.59 Å². The fourth-order valence-corrected chi connectivity index (χ4v) is 2.72. The first kappa shape index (κ1) is 17.3. The van der Waals surface area contributed by atoms with Crippen LogP contribution in [0.5, 0.6) is 5.75 Å². The fraction of sp³-hybridized carbons (Fsp3) is 0.556. The molecule has 0 unspecified atom stereocenters. The molecule has 0 bridgehead atoms. The van der Waals surface area contributed by atoms with Crippen molar-refractivity contribution in [3.05, 3.63) is 29.3 Å². The number of rotatable bonds is 4. The molecule has 0 radical (unpaired) electrons. The first-order valence-electron chi connectivity index (χ1n) is 8.25.